The molecule has 84 valence electrons. The van der Waals surface area contributed by atoms with E-state index in [4.69, 9.17) is 0 Å². The minimum atomic E-state index is 0. The first-order chi connectivity index (χ1) is 6.33. The molecule has 0 aromatic heterocycles. The van der Waals surface area contributed by atoms with E-state index in [1.165, 1.54) is 11.1 Å². The quantitative estimate of drug-likeness (QED) is 0.657. The predicted octanol–water partition coefficient (Wildman–Crippen LogP) is 3.79. The molecular weight excluding hydrogens is 172 g/mol. The van der Waals surface area contributed by atoms with E-state index in [1.54, 1.807) is 0 Å². The summed E-state index contributed by atoms with van der Waals surface area (Å²) in [6.07, 6.45) is 1.14. The number of aryl methyl sites for hydroxylation is 2. The Kier molecular flexibility index (Phi) is 19.8. The molecule has 0 saturated heterocycles. The van der Waals surface area contributed by atoms with Gasteiger partial charge in [-0.15, -0.1) is 0 Å². The predicted molar refractivity (Wildman–Crippen MR) is 66.9 cm³/mol. The second-order valence-electron chi connectivity index (χ2n) is 2.34. The fourth-order valence-corrected chi connectivity index (χ4v) is 0.824. The molecule has 0 fully saturated rings. The van der Waals surface area contributed by atoms with E-state index >= 15 is 0 Å². The fraction of sp³-hybridized carbons (Fsp3) is 0.538. The van der Waals surface area contributed by atoms with Crippen molar-refractivity contribution in [3.63, 3.8) is 0 Å². The second kappa shape index (κ2) is 14.7. The molecule has 0 bridgehead atoms. The highest BCUT2D eigenvalue weighted by molar-refractivity contribution is 5.20. The molecule has 1 aromatic carbocycles. The Morgan fingerprint density at radius 3 is 1.50 bits per heavy atom. The zero-order valence-corrected chi connectivity index (χ0v) is 10.5. The highest BCUT2D eigenvalue weighted by Crippen LogP contribution is 2.02. The molecule has 0 aliphatic rings. The van der Waals surface area contributed by atoms with Crippen molar-refractivity contribution in [1.29, 1.82) is 0 Å². The van der Waals surface area contributed by atoms with Crippen molar-refractivity contribution in [3.05, 3.63) is 35.4 Å². The Morgan fingerprint density at radius 2 is 1.21 bits per heavy atom. The first-order valence-electron chi connectivity index (χ1n) is 5.38. The van der Waals surface area contributed by atoms with E-state index < -0.39 is 0 Å². The van der Waals surface area contributed by atoms with Gasteiger partial charge in [0.05, 0.1) is 0 Å². The molecule has 0 aliphatic heterocycles. The van der Waals surface area contributed by atoms with Gasteiger partial charge in [-0.25, -0.2) is 0 Å². The topological polar surface area (TPSA) is 31.5 Å². The van der Waals surface area contributed by atoms with Crippen molar-refractivity contribution in [2.45, 2.75) is 48.0 Å². The van der Waals surface area contributed by atoms with Gasteiger partial charge < -0.3 is 5.48 Å². The fourth-order valence-electron chi connectivity index (χ4n) is 0.824. The second-order valence-corrected chi connectivity index (χ2v) is 2.34. The van der Waals surface area contributed by atoms with Crippen LogP contribution in [0.4, 0.5) is 0 Å². The van der Waals surface area contributed by atoms with Crippen LogP contribution in [-0.4, -0.2) is 5.48 Å². The first-order valence-corrected chi connectivity index (χ1v) is 5.38. The van der Waals surface area contributed by atoms with E-state index in [0.717, 1.165) is 6.42 Å². The minimum Gasteiger partial charge on any atom is -0.412 e. The molecule has 0 aliphatic carbocycles. The average molecular weight is 198 g/mol. The summed E-state index contributed by atoms with van der Waals surface area (Å²) in [5, 5.41) is 0. The number of hydrogen-bond donors (Lipinski definition) is 0. The van der Waals surface area contributed by atoms with Crippen molar-refractivity contribution >= 4 is 0 Å². The monoisotopic (exact) mass is 198 g/mol. The lowest BCUT2D eigenvalue weighted by Gasteiger charge is -1.94. The Morgan fingerprint density at radius 1 is 0.857 bits per heavy atom. The molecule has 0 unspecified atom stereocenters. The third-order valence-corrected chi connectivity index (χ3v) is 1.53. The van der Waals surface area contributed by atoms with E-state index in [-0.39, 0.29) is 5.48 Å². The molecule has 1 aromatic rings. The molecule has 14 heavy (non-hydrogen) atoms. The van der Waals surface area contributed by atoms with Gasteiger partial charge in [-0.1, -0.05) is 64.4 Å². The number of hydrogen-bond acceptors (Lipinski definition) is 0. The Balaban J connectivity index is -0.000000216. The van der Waals surface area contributed by atoms with Crippen LogP contribution in [-0.2, 0) is 6.42 Å². The van der Waals surface area contributed by atoms with Crippen LogP contribution in [0.2, 0.25) is 0 Å². The summed E-state index contributed by atoms with van der Waals surface area (Å²) in [6.45, 7) is 12.3. The lowest BCUT2D eigenvalue weighted by Crippen LogP contribution is -1.77. The normalized spacial score (nSPS) is 7.00. The van der Waals surface area contributed by atoms with Gasteiger partial charge in [0.2, 0.25) is 0 Å². The highest BCUT2D eigenvalue weighted by Gasteiger charge is 1.84. The van der Waals surface area contributed by atoms with E-state index in [0.29, 0.717) is 0 Å². The van der Waals surface area contributed by atoms with Gasteiger partial charge in [-0.2, -0.15) is 0 Å². The van der Waals surface area contributed by atoms with Crippen molar-refractivity contribution < 1.29 is 5.48 Å². The van der Waals surface area contributed by atoms with Crippen LogP contribution in [0.3, 0.4) is 0 Å². The van der Waals surface area contributed by atoms with Gasteiger partial charge in [0.1, 0.15) is 0 Å². The zero-order chi connectivity index (χ0) is 10.7. The maximum atomic E-state index is 2.18. The largest absolute Gasteiger partial charge is 0.412 e. The van der Waals surface area contributed by atoms with Gasteiger partial charge in [-0.05, 0) is 18.9 Å². The van der Waals surface area contributed by atoms with E-state index in [9.17, 15) is 0 Å². The van der Waals surface area contributed by atoms with Crippen LogP contribution in [0.15, 0.2) is 24.3 Å². The molecule has 0 spiro atoms. The standard InChI is InChI=1S/C9H12.2C2H6.H2O/c1-3-9-6-4-8(2)5-7-9;2*1-2;/h4-7H,3H2,1-2H3;2*1-2H3;1H2. The zero-order valence-electron chi connectivity index (χ0n) is 10.5. The van der Waals surface area contributed by atoms with Crippen LogP contribution in [0, 0.1) is 6.92 Å². The minimum absolute atomic E-state index is 0. The summed E-state index contributed by atoms with van der Waals surface area (Å²) in [7, 11) is 0. The Bertz CT molecular complexity index is 177. The average Bonchev–Trinajstić information content (AvgIpc) is 2.25. The van der Waals surface area contributed by atoms with Gasteiger partial charge >= 0.3 is 0 Å². The van der Waals surface area contributed by atoms with Gasteiger partial charge in [-0.3, -0.25) is 0 Å². The van der Waals surface area contributed by atoms with Crippen molar-refractivity contribution in [2.24, 2.45) is 0 Å². The molecule has 2 N–H and O–H groups in total. The Labute approximate surface area is 89.5 Å². The SMILES string of the molecule is CC.CC.CCc1ccc(C)cc1.O. The Hall–Kier alpha value is -0.820. The molecule has 0 heterocycles. The lowest BCUT2D eigenvalue weighted by atomic mass is 10.1. The highest BCUT2D eigenvalue weighted by atomic mass is 16.0. The molecule has 1 nitrogen and oxygen atoms in total. The maximum absolute atomic E-state index is 2.18. The van der Waals surface area contributed by atoms with Crippen LogP contribution in [0.5, 0.6) is 0 Å². The third-order valence-electron chi connectivity index (χ3n) is 1.53. The summed E-state index contributed by atoms with van der Waals surface area (Å²) < 4.78 is 0. The first kappa shape index (κ1) is 18.9. The van der Waals surface area contributed by atoms with Crippen LogP contribution < -0.4 is 0 Å². The van der Waals surface area contributed by atoms with Crippen molar-refractivity contribution in [3.8, 4) is 0 Å². The summed E-state index contributed by atoms with van der Waals surface area (Å²) in [5.74, 6) is 0. The summed E-state index contributed by atoms with van der Waals surface area (Å²) in [6, 6.07) is 8.66. The van der Waals surface area contributed by atoms with Gasteiger partial charge in [0.25, 0.3) is 0 Å². The van der Waals surface area contributed by atoms with Crippen LogP contribution in [0.25, 0.3) is 0 Å². The van der Waals surface area contributed by atoms with Crippen molar-refractivity contribution in [1.82, 2.24) is 0 Å². The molecule has 0 amide bonds. The summed E-state index contributed by atoms with van der Waals surface area (Å²) in [5.41, 5.74) is 2.76. The number of rotatable bonds is 1. The van der Waals surface area contributed by atoms with Gasteiger partial charge in [0, 0.05) is 0 Å². The molecule has 1 heteroatoms. The van der Waals surface area contributed by atoms with E-state index in [2.05, 4.69) is 38.1 Å². The lowest BCUT2D eigenvalue weighted by molar-refractivity contribution is 0.824. The molecule has 0 saturated carbocycles. The number of benzene rings is 1. The summed E-state index contributed by atoms with van der Waals surface area (Å²) >= 11 is 0. The van der Waals surface area contributed by atoms with Crippen molar-refractivity contribution in [2.75, 3.05) is 0 Å². The molecule has 0 atom stereocenters. The maximum Gasteiger partial charge on any atom is -0.0307 e. The molecule has 0 radical (unpaired) electrons. The molecular formula is C13H26O. The van der Waals surface area contributed by atoms with Crippen LogP contribution >= 0.6 is 0 Å². The smallest absolute Gasteiger partial charge is 0.0307 e. The van der Waals surface area contributed by atoms with Crippen LogP contribution in [0.1, 0.15) is 45.7 Å². The third kappa shape index (κ3) is 9.27. The van der Waals surface area contributed by atoms with Gasteiger partial charge in [0.15, 0.2) is 0 Å². The molecule has 1 rings (SSSR count). The van der Waals surface area contributed by atoms with E-state index in [1.807, 2.05) is 27.7 Å². The summed E-state index contributed by atoms with van der Waals surface area (Å²) in [4.78, 5) is 0.